The number of benzene rings is 2. The number of rotatable bonds is 8. The summed E-state index contributed by atoms with van der Waals surface area (Å²) < 4.78 is 13.0. The average molecular weight is 511 g/mol. The van der Waals surface area contributed by atoms with Crippen LogP contribution in [0.1, 0.15) is 47.2 Å². The van der Waals surface area contributed by atoms with Crippen molar-refractivity contribution in [2.75, 3.05) is 18.5 Å². The summed E-state index contributed by atoms with van der Waals surface area (Å²) in [6.45, 7) is 9.04. The topological polar surface area (TPSA) is 69.6 Å². The van der Waals surface area contributed by atoms with Crippen LogP contribution in [0.25, 0.3) is 22.0 Å². The van der Waals surface area contributed by atoms with Crippen LogP contribution in [0.3, 0.4) is 0 Å². The lowest BCUT2D eigenvalue weighted by molar-refractivity contribution is 0.0529. The molecule has 0 saturated carbocycles. The van der Waals surface area contributed by atoms with Crippen LogP contribution in [0.15, 0.2) is 47.8 Å². The Bertz CT molecular complexity index is 1390. The van der Waals surface area contributed by atoms with Crippen LogP contribution in [-0.4, -0.2) is 29.7 Å². The minimum Gasteiger partial charge on any atom is -0.494 e. The van der Waals surface area contributed by atoms with E-state index in [9.17, 15) is 9.59 Å². The van der Waals surface area contributed by atoms with Crippen molar-refractivity contribution in [1.29, 1.82) is 0 Å². The van der Waals surface area contributed by atoms with Gasteiger partial charge in [-0.1, -0.05) is 23.7 Å². The maximum atomic E-state index is 13.6. The lowest BCUT2D eigenvalue weighted by Gasteiger charge is -2.11. The Morgan fingerprint density at radius 1 is 1.06 bits per heavy atom. The van der Waals surface area contributed by atoms with Crippen LogP contribution in [0, 0.1) is 6.92 Å². The molecule has 1 N–H and O–H groups in total. The molecule has 6 nitrogen and oxygen atoms in total. The van der Waals surface area contributed by atoms with Crippen LogP contribution in [0.2, 0.25) is 5.02 Å². The average Bonchev–Trinajstić information content (AvgIpc) is 3.38. The summed E-state index contributed by atoms with van der Waals surface area (Å²) in [4.78, 5) is 26.5. The lowest BCUT2D eigenvalue weighted by Crippen LogP contribution is -2.19. The van der Waals surface area contributed by atoms with Crippen LogP contribution >= 0.6 is 22.9 Å². The van der Waals surface area contributed by atoms with Crippen molar-refractivity contribution in [3.63, 3.8) is 0 Å². The highest BCUT2D eigenvalue weighted by molar-refractivity contribution is 7.15. The molecule has 2 aromatic carbocycles. The molecule has 4 aromatic rings. The molecule has 0 aliphatic rings. The number of halogens is 1. The van der Waals surface area contributed by atoms with Gasteiger partial charge in [-0.25, -0.2) is 4.79 Å². The zero-order valence-electron chi connectivity index (χ0n) is 20.1. The number of anilines is 1. The second-order valence-electron chi connectivity index (χ2n) is 7.86. The summed E-state index contributed by atoms with van der Waals surface area (Å²) in [5.74, 6) is -0.00421. The molecule has 0 atom stereocenters. The Hall–Kier alpha value is -3.29. The number of amides is 1. The molecular weight excluding hydrogens is 484 g/mol. The van der Waals surface area contributed by atoms with Gasteiger partial charge in [0.1, 0.15) is 22.0 Å². The molecule has 1 amide bonds. The maximum absolute atomic E-state index is 13.6. The number of esters is 1. The standard InChI is InChI=1S/C27H27ClN2O4S/c1-5-30-22-13-12-19(33-6-2)14-20(22)16(4)24(30)25(31)29-26-23(27(32)34-7-3)21(15-35-26)17-8-10-18(28)11-9-17/h8-15H,5-7H2,1-4H3,(H,29,31). The fourth-order valence-corrected chi connectivity index (χ4v) is 5.32. The van der Waals surface area contributed by atoms with Crippen LogP contribution < -0.4 is 10.1 Å². The SMILES string of the molecule is CCOC(=O)c1c(-c2ccc(Cl)cc2)csc1NC(=O)c1c(C)c2cc(OCC)ccc2n1CC. The molecule has 4 rings (SSSR count). The van der Waals surface area contributed by atoms with Crippen molar-refractivity contribution in [3.05, 3.63) is 69.7 Å². The number of fused-ring (bicyclic) bond motifs is 1. The third kappa shape index (κ3) is 4.79. The molecule has 0 spiro atoms. The molecule has 8 heteroatoms. The van der Waals surface area contributed by atoms with Crippen molar-refractivity contribution >= 4 is 50.7 Å². The first kappa shape index (κ1) is 24.8. The molecule has 2 aromatic heterocycles. The first-order valence-corrected chi connectivity index (χ1v) is 12.8. The summed E-state index contributed by atoms with van der Waals surface area (Å²) in [5, 5.41) is 6.84. The summed E-state index contributed by atoms with van der Waals surface area (Å²) >= 11 is 7.33. The molecule has 2 heterocycles. The predicted octanol–water partition coefficient (Wildman–Crippen LogP) is 7.18. The van der Waals surface area contributed by atoms with E-state index in [1.807, 2.05) is 61.1 Å². The van der Waals surface area contributed by atoms with E-state index < -0.39 is 5.97 Å². The Balaban J connectivity index is 1.76. The van der Waals surface area contributed by atoms with E-state index in [0.717, 1.165) is 27.8 Å². The summed E-state index contributed by atoms with van der Waals surface area (Å²) in [7, 11) is 0. The van der Waals surface area contributed by atoms with E-state index in [4.69, 9.17) is 21.1 Å². The third-order valence-electron chi connectivity index (χ3n) is 5.78. The highest BCUT2D eigenvalue weighted by Crippen LogP contribution is 2.37. The van der Waals surface area contributed by atoms with Gasteiger partial charge < -0.3 is 19.4 Å². The van der Waals surface area contributed by atoms with Gasteiger partial charge in [-0.3, -0.25) is 4.79 Å². The number of carbonyl (C=O) groups excluding carboxylic acids is 2. The molecular formula is C27H27ClN2O4S. The normalized spacial score (nSPS) is 11.0. The van der Waals surface area contributed by atoms with Gasteiger partial charge in [-0.15, -0.1) is 11.3 Å². The van der Waals surface area contributed by atoms with Gasteiger partial charge in [0.25, 0.3) is 5.91 Å². The Labute approximate surface area is 213 Å². The number of nitrogens with zero attached hydrogens (tertiary/aromatic N) is 1. The number of hydrogen-bond acceptors (Lipinski definition) is 5. The minimum absolute atomic E-state index is 0.230. The molecule has 0 fully saturated rings. The third-order valence-corrected chi connectivity index (χ3v) is 6.93. The summed E-state index contributed by atoms with van der Waals surface area (Å²) in [5.41, 5.74) is 4.20. The van der Waals surface area contributed by atoms with Crippen LogP contribution in [0.5, 0.6) is 5.75 Å². The number of carbonyl (C=O) groups is 2. The van der Waals surface area contributed by atoms with Crippen molar-refractivity contribution < 1.29 is 19.1 Å². The zero-order chi connectivity index (χ0) is 25.1. The van der Waals surface area contributed by atoms with Crippen molar-refractivity contribution in [1.82, 2.24) is 4.57 Å². The Morgan fingerprint density at radius 3 is 2.46 bits per heavy atom. The van der Waals surface area contributed by atoms with E-state index in [-0.39, 0.29) is 12.5 Å². The zero-order valence-corrected chi connectivity index (χ0v) is 21.7. The quantitative estimate of drug-likeness (QED) is 0.255. The Morgan fingerprint density at radius 2 is 1.80 bits per heavy atom. The molecule has 0 aliphatic carbocycles. The van der Waals surface area contributed by atoms with Crippen molar-refractivity contribution in [2.24, 2.45) is 0 Å². The second kappa shape index (κ2) is 10.5. The molecule has 0 radical (unpaired) electrons. The molecule has 35 heavy (non-hydrogen) atoms. The van der Waals surface area contributed by atoms with Gasteiger partial charge >= 0.3 is 5.97 Å². The number of thiophene rings is 1. The maximum Gasteiger partial charge on any atom is 0.341 e. The number of aryl methyl sites for hydroxylation is 2. The number of ether oxygens (including phenoxy) is 2. The summed E-state index contributed by atoms with van der Waals surface area (Å²) in [6, 6.07) is 13.1. The molecule has 0 bridgehead atoms. The van der Waals surface area contributed by atoms with E-state index in [0.29, 0.717) is 40.0 Å². The van der Waals surface area contributed by atoms with Gasteiger partial charge in [-0.05, 0) is 69.2 Å². The largest absolute Gasteiger partial charge is 0.494 e. The van der Waals surface area contributed by atoms with E-state index >= 15 is 0 Å². The smallest absolute Gasteiger partial charge is 0.341 e. The summed E-state index contributed by atoms with van der Waals surface area (Å²) in [6.07, 6.45) is 0. The molecule has 182 valence electrons. The Kier molecular flexibility index (Phi) is 7.48. The number of nitrogens with one attached hydrogen (secondary N) is 1. The fraction of sp³-hybridized carbons (Fsp3) is 0.259. The first-order chi connectivity index (χ1) is 16.9. The molecule has 0 saturated heterocycles. The lowest BCUT2D eigenvalue weighted by atomic mass is 10.0. The minimum atomic E-state index is -0.483. The second-order valence-corrected chi connectivity index (χ2v) is 9.18. The van der Waals surface area contributed by atoms with Gasteiger partial charge in [0.15, 0.2) is 0 Å². The highest BCUT2D eigenvalue weighted by Gasteiger charge is 2.26. The van der Waals surface area contributed by atoms with Crippen molar-refractivity contribution in [2.45, 2.75) is 34.2 Å². The van der Waals surface area contributed by atoms with Crippen LogP contribution in [-0.2, 0) is 11.3 Å². The number of aromatic nitrogens is 1. The van der Waals surface area contributed by atoms with E-state index in [1.54, 1.807) is 19.1 Å². The highest BCUT2D eigenvalue weighted by atomic mass is 35.5. The molecule has 0 unspecified atom stereocenters. The van der Waals surface area contributed by atoms with Crippen LogP contribution in [0.4, 0.5) is 5.00 Å². The first-order valence-electron chi connectivity index (χ1n) is 11.5. The monoisotopic (exact) mass is 510 g/mol. The van der Waals surface area contributed by atoms with Crippen molar-refractivity contribution in [3.8, 4) is 16.9 Å². The van der Waals surface area contributed by atoms with Gasteiger partial charge in [0, 0.05) is 33.4 Å². The number of hydrogen-bond donors (Lipinski definition) is 1. The van der Waals surface area contributed by atoms with Gasteiger partial charge in [-0.2, -0.15) is 0 Å². The van der Waals surface area contributed by atoms with Gasteiger partial charge in [0.2, 0.25) is 0 Å². The molecule has 0 aliphatic heterocycles. The fourth-order valence-electron chi connectivity index (χ4n) is 4.24. The predicted molar refractivity (Wildman–Crippen MR) is 142 cm³/mol. The van der Waals surface area contributed by atoms with E-state index in [2.05, 4.69) is 5.32 Å². The van der Waals surface area contributed by atoms with E-state index in [1.165, 1.54) is 11.3 Å². The van der Waals surface area contributed by atoms with Gasteiger partial charge in [0.05, 0.1) is 13.2 Å².